The maximum absolute atomic E-state index is 13.7. The molecule has 196 valence electrons. The highest BCUT2D eigenvalue weighted by atomic mass is 35.5. The second-order valence-corrected chi connectivity index (χ2v) is 11.9. The van der Waals surface area contributed by atoms with Crippen LogP contribution in [0.25, 0.3) is 0 Å². The number of rotatable bonds is 9. The summed E-state index contributed by atoms with van der Waals surface area (Å²) in [5.41, 5.74) is 2.82. The Morgan fingerprint density at radius 3 is 2.36 bits per heavy atom. The largest absolute Gasteiger partial charge is 0.352 e. The molecule has 0 aromatic heterocycles. The third-order valence-electron chi connectivity index (χ3n) is 6.94. The lowest BCUT2D eigenvalue weighted by molar-refractivity contribution is -0.139. The minimum atomic E-state index is -3.78. The highest BCUT2D eigenvalue weighted by Gasteiger charge is 2.32. The molecular formula is C27H36ClN3O4S. The predicted octanol–water partition coefficient (Wildman–Crippen LogP) is 4.59. The lowest BCUT2D eigenvalue weighted by Crippen LogP contribution is -2.53. The molecule has 2 amide bonds. The molecule has 36 heavy (non-hydrogen) atoms. The summed E-state index contributed by atoms with van der Waals surface area (Å²) in [6.07, 6.45) is 6.23. The second-order valence-electron chi connectivity index (χ2n) is 9.62. The minimum absolute atomic E-state index is 0.0855. The molecule has 0 aliphatic heterocycles. The number of hydrogen-bond acceptors (Lipinski definition) is 4. The van der Waals surface area contributed by atoms with E-state index in [1.165, 1.54) is 11.3 Å². The molecule has 1 aliphatic rings. The van der Waals surface area contributed by atoms with E-state index in [1.807, 2.05) is 26.0 Å². The van der Waals surface area contributed by atoms with Gasteiger partial charge < -0.3 is 10.2 Å². The molecule has 1 unspecified atom stereocenters. The summed E-state index contributed by atoms with van der Waals surface area (Å²) >= 11 is 6.38. The van der Waals surface area contributed by atoms with Gasteiger partial charge in [-0.15, -0.1) is 0 Å². The van der Waals surface area contributed by atoms with Gasteiger partial charge in [-0.25, -0.2) is 8.42 Å². The molecule has 1 N–H and O–H groups in total. The van der Waals surface area contributed by atoms with E-state index in [4.69, 9.17) is 11.6 Å². The Morgan fingerprint density at radius 1 is 1.06 bits per heavy atom. The summed E-state index contributed by atoms with van der Waals surface area (Å²) < 4.78 is 26.7. The van der Waals surface area contributed by atoms with E-state index in [2.05, 4.69) is 5.32 Å². The normalized spacial score (nSPS) is 15.2. The second kappa shape index (κ2) is 12.1. The summed E-state index contributed by atoms with van der Waals surface area (Å²) in [5.74, 6) is -0.729. The van der Waals surface area contributed by atoms with Crippen molar-refractivity contribution in [3.05, 3.63) is 64.2 Å². The third-order valence-corrected chi connectivity index (χ3v) is 8.44. The molecular weight excluding hydrogens is 498 g/mol. The van der Waals surface area contributed by atoms with Crippen molar-refractivity contribution in [2.45, 2.75) is 71.5 Å². The number of amides is 2. The van der Waals surface area contributed by atoms with E-state index in [1.54, 1.807) is 37.3 Å². The van der Waals surface area contributed by atoms with Crippen molar-refractivity contribution in [3.63, 3.8) is 0 Å². The smallest absolute Gasteiger partial charge is 0.244 e. The van der Waals surface area contributed by atoms with Crippen LogP contribution in [-0.2, 0) is 26.2 Å². The molecule has 2 aromatic rings. The maximum Gasteiger partial charge on any atom is 0.244 e. The molecule has 9 heteroatoms. The maximum atomic E-state index is 13.7. The first-order valence-corrected chi connectivity index (χ1v) is 14.6. The summed E-state index contributed by atoms with van der Waals surface area (Å²) in [6.45, 7) is 5.06. The lowest BCUT2D eigenvalue weighted by atomic mass is 9.95. The van der Waals surface area contributed by atoms with Crippen molar-refractivity contribution in [2.75, 3.05) is 17.1 Å². The summed E-state index contributed by atoms with van der Waals surface area (Å²) in [6, 6.07) is 11.8. The number of sulfonamides is 1. The van der Waals surface area contributed by atoms with Crippen LogP contribution in [0.1, 0.15) is 55.7 Å². The van der Waals surface area contributed by atoms with Crippen molar-refractivity contribution in [2.24, 2.45) is 0 Å². The van der Waals surface area contributed by atoms with Crippen molar-refractivity contribution in [3.8, 4) is 0 Å². The van der Waals surface area contributed by atoms with Gasteiger partial charge >= 0.3 is 0 Å². The van der Waals surface area contributed by atoms with Crippen LogP contribution in [0.15, 0.2) is 42.5 Å². The Morgan fingerprint density at radius 2 is 1.72 bits per heavy atom. The molecule has 1 aliphatic carbocycles. The van der Waals surface area contributed by atoms with E-state index in [-0.39, 0.29) is 18.5 Å². The number of anilines is 1. The molecule has 0 radical (unpaired) electrons. The Labute approximate surface area is 219 Å². The van der Waals surface area contributed by atoms with Gasteiger partial charge in [0.15, 0.2) is 0 Å². The standard InChI is InChI=1S/C27H36ClN3O4S/c1-19-11-10-16-25(20(19)2)31(36(4,34)35)18-26(32)30(17-22-12-8-9-15-24(22)28)21(3)27(33)29-23-13-6-5-7-14-23/h8-12,15-16,21,23H,5-7,13-14,17-18H2,1-4H3,(H,29,33). The number of carbonyl (C=O) groups excluding carboxylic acids is 2. The summed E-state index contributed by atoms with van der Waals surface area (Å²) in [4.78, 5) is 28.4. The average molecular weight is 534 g/mol. The molecule has 3 rings (SSSR count). The lowest BCUT2D eigenvalue weighted by Gasteiger charge is -2.33. The Balaban J connectivity index is 1.91. The van der Waals surface area contributed by atoms with Gasteiger partial charge in [-0.05, 0) is 62.4 Å². The summed E-state index contributed by atoms with van der Waals surface area (Å²) in [5, 5.41) is 3.57. The first kappa shape index (κ1) is 28.0. The zero-order chi connectivity index (χ0) is 26.5. The fourth-order valence-corrected chi connectivity index (χ4v) is 5.66. The van der Waals surface area contributed by atoms with Crippen LogP contribution in [0.2, 0.25) is 5.02 Å². The van der Waals surface area contributed by atoms with Gasteiger partial charge in [-0.3, -0.25) is 13.9 Å². The van der Waals surface area contributed by atoms with Gasteiger partial charge in [0.1, 0.15) is 12.6 Å². The average Bonchev–Trinajstić information content (AvgIpc) is 2.83. The minimum Gasteiger partial charge on any atom is -0.352 e. The monoisotopic (exact) mass is 533 g/mol. The van der Waals surface area contributed by atoms with E-state index >= 15 is 0 Å². The zero-order valence-corrected chi connectivity index (χ0v) is 23.0. The van der Waals surface area contributed by atoms with Gasteiger partial charge in [0.05, 0.1) is 11.9 Å². The number of benzene rings is 2. The third kappa shape index (κ3) is 7.01. The molecule has 0 bridgehead atoms. The fourth-order valence-electron chi connectivity index (χ4n) is 4.56. The number of nitrogens with one attached hydrogen (secondary N) is 1. The van der Waals surface area contributed by atoms with E-state index < -0.39 is 28.5 Å². The van der Waals surface area contributed by atoms with Gasteiger partial charge in [0.2, 0.25) is 21.8 Å². The van der Waals surface area contributed by atoms with Crippen LogP contribution in [0.4, 0.5) is 5.69 Å². The van der Waals surface area contributed by atoms with Crippen LogP contribution in [0, 0.1) is 13.8 Å². The summed E-state index contributed by atoms with van der Waals surface area (Å²) in [7, 11) is -3.78. The number of hydrogen-bond donors (Lipinski definition) is 1. The van der Waals surface area contributed by atoms with Gasteiger partial charge in [-0.2, -0.15) is 0 Å². The molecule has 7 nitrogen and oxygen atoms in total. The first-order chi connectivity index (χ1) is 17.0. The van der Waals surface area contributed by atoms with Crippen LogP contribution >= 0.6 is 11.6 Å². The molecule has 0 saturated heterocycles. The van der Waals surface area contributed by atoms with E-state index in [9.17, 15) is 18.0 Å². The zero-order valence-electron chi connectivity index (χ0n) is 21.5. The Bertz CT molecular complexity index is 1200. The molecule has 1 atom stereocenters. The molecule has 0 spiro atoms. The molecule has 0 heterocycles. The molecule has 2 aromatic carbocycles. The van der Waals surface area contributed by atoms with Gasteiger partial charge in [-0.1, -0.05) is 61.2 Å². The Kier molecular flexibility index (Phi) is 9.41. The van der Waals surface area contributed by atoms with Crippen molar-refractivity contribution < 1.29 is 18.0 Å². The fraction of sp³-hybridized carbons (Fsp3) is 0.481. The predicted molar refractivity (Wildman–Crippen MR) is 145 cm³/mol. The van der Waals surface area contributed by atoms with E-state index in [0.717, 1.165) is 47.4 Å². The van der Waals surface area contributed by atoms with Crippen molar-refractivity contribution in [1.29, 1.82) is 0 Å². The Hall–Kier alpha value is -2.58. The quantitative estimate of drug-likeness (QED) is 0.511. The van der Waals surface area contributed by atoms with Crippen LogP contribution in [0.3, 0.4) is 0 Å². The van der Waals surface area contributed by atoms with Crippen LogP contribution < -0.4 is 9.62 Å². The topological polar surface area (TPSA) is 86.8 Å². The van der Waals surface area contributed by atoms with E-state index in [0.29, 0.717) is 16.3 Å². The van der Waals surface area contributed by atoms with Gasteiger partial charge in [0, 0.05) is 17.6 Å². The highest BCUT2D eigenvalue weighted by molar-refractivity contribution is 7.92. The molecule has 1 saturated carbocycles. The van der Waals surface area contributed by atoms with Gasteiger partial charge in [0.25, 0.3) is 0 Å². The first-order valence-electron chi connectivity index (χ1n) is 12.4. The SMILES string of the molecule is Cc1cccc(N(CC(=O)N(Cc2ccccc2Cl)C(C)C(=O)NC2CCCCC2)S(C)(=O)=O)c1C. The van der Waals surface area contributed by atoms with Crippen LogP contribution in [0.5, 0.6) is 0 Å². The van der Waals surface area contributed by atoms with Crippen molar-refractivity contribution >= 4 is 39.1 Å². The van der Waals surface area contributed by atoms with Crippen molar-refractivity contribution in [1.82, 2.24) is 10.2 Å². The number of aryl methyl sites for hydroxylation is 1. The number of nitrogens with zero attached hydrogens (tertiary/aromatic N) is 2. The number of carbonyl (C=O) groups is 2. The molecule has 1 fully saturated rings. The highest BCUT2D eigenvalue weighted by Crippen LogP contribution is 2.26. The van der Waals surface area contributed by atoms with Crippen LogP contribution in [-0.4, -0.2) is 50.0 Å². The number of halogens is 1.